The van der Waals surface area contributed by atoms with Gasteiger partial charge in [0.1, 0.15) is 0 Å². The molecule has 0 saturated carbocycles. The second-order valence-electron chi connectivity index (χ2n) is 4.75. The maximum Gasteiger partial charge on any atom is 0.242 e. The van der Waals surface area contributed by atoms with Crippen LogP contribution < -0.4 is 5.32 Å². The Bertz CT molecular complexity index is 567. The molecule has 0 unspecified atom stereocenters. The summed E-state index contributed by atoms with van der Waals surface area (Å²) in [4.78, 5) is 0.385. The minimum Gasteiger partial charge on any atom is -0.384 e. The lowest BCUT2D eigenvalue weighted by Gasteiger charge is -2.17. The number of hydrogen-bond donors (Lipinski definition) is 1. The van der Waals surface area contributed by atoms with Crippen molar-refractivity contribution in [3.8, 4) is 0 Å². The molecule has 1 heterocycles. The molecule has 19 heavy (non-hydrogen) atoms. The number of anilines is 1. The van der Waals surface area contributed by atoms with Gasteiger partial charge in [0, 0.05) is 25.8 Å². The lowest BCUT2D eigenvalue weighted by atomic mass is 10.2. The Kier molecular flexibility index (Phi) is 4.27. The Labute approximate surface area is 115 Å². The molecule has 0 amide bonds. The Morgan fingerprint density at radius 2 is 2.26 bits per heavy atom. The Morgan fingerprint density at radius 3 is 3.00 bits per heavy atom. The van der Waals surface area contributed by atoms with Crippen molar-refractivity contribution in [2.24, 2.45) is 0 Å². The molecule has 4 nitrogen and oxygen atoms in total. The highest BCUT2D eigenvalue weighted by atomic mass is 32.2. The molecule has 0 saturated heterocycles. The van der Waals surface area contributed by atoms with Crippen LogP contribution in [0.5, 0.6) is 0 Å². The summed E-state index contributed by atoms with van der Waals surface area (Å²) in [6.07, 6.45) is 4.32. The number of nitrogens with one attached hydrogen (secondary N) is 1. The van der Waals surface area contributed by atoms with Crippen LogP contribution in [0.25, 0.3) is 0 Å². The summed E-state index contributed by atoms with van der Waals surface area (Å²) in [6, 6.07) is 5.32. The summed E-state index contributed by atoms with van der Waals surface area (Å²) in [5, 5.41) is 3.23. The molecule has 0 spiro atoms. The number of unbranched alkanes of at least 4 members (excludes halogenated alkanes) is 1. The number of hydrogen-bond acceptors (Lipinski definition) is 3. The maximum absolute atomic E-state index is 12.4. The first kappa shape index (κ1) is 14.1. The Hall–Kier alpha value is -1.33. The van der Waals surface area contributed by atoms with Crippen LogP contribution in [0.3, 0.4) is 0 Å². The molecule has 0 bridgehead atoms. The molecule has 0 radical (unpaired) electrons. The number of allylic oxidation sites excluding steroid dienone is 1. The molecule has 0 fully saturated rings. The molecule has 1 aromatic carbocycles. The highest BCUT2D eigenvalue weighted by Crippen LogP contribution is 2.26. The maximum atomic E-state index is 12.4. The lowest BCUT2D eigenvalue weighted by molar-refractivity contribution is 0.463. The van der Waals surface area contributed by atoms with Crippen molar-refractivity contribution >= 4 is 15.7 Å². The molecule has 1 aromatic rings. The predicted molar refractivity (Wildman–Crippen MR) is 77.9 cm³/mol. The van der Waals surface area contributed by atoms with Crippen molar-refractivity contribution in [3.05, 3.63) is 36.4 Å². The third kappa shape index (κ3) is 2.98. The second-order valence-corrected chi connectivity index (χ2v) is 6.80. The summed E-state index contributed by atoms with van der Waals surface area (Å²) in [7, 11) is -1.74. The van der Waals surface area contributed by atoms with E-state index in [1.54, 1.807) is 19.2 Å². The zero-order valence-corrected chi connectivity index (χ0v) is 12.0. The first-order chi connectivity index (χ1) is 9.05. The normalized spacial score (nSPS) is 14.2. The van der Waals surface area contributed by atoms with Gasteiger partial charge in [0.2, 0.25) is 10.0 Å². The third-order valence-corrected chi connectivity index (χ3v) is 5.23. The number of sulfonamides is 1. The SMILES string of the molecule is C=CCCCN(C)S(=O)(=O)c1ccc2c(c1)CCN2. The van der Waals surface area contributed by atoms with E-state index in [4.69, 9.17) is 0 Å². The van der Waals surface area contributed by atoms with Crippen LogP contribution in [-0.4, -0.2) is 32.9 Å². The molecule has 0 aliphatic carbocycles. The summed E-state index contributed by atoms with van der Waals surface area (Å²) >= 11 is 0. The lowest BCUT2D eigenvalue weighted by Crippen LogP contribution is -2.28. The highest BCUT2D eigenvalue weighted by molar-refractivity contribution is 7.89. The summed E-state index contributed by atoms with van der Waals surface area (Å²) < 4.78 is 26.2. The average molecular weight is 280 g/mol. The van der Waals surface area contributed by atoms with Gasteiger partial charge in [0.25, 0.3) is 0 Å². The molecular weight excluding hydrogens is 260 g/mol. The van der Waals surface area contributed by atoms with Crippen LogP contribution in [0.4, 0.5) is 5.69 Å². The van der Waals surface area contributed by atoms with E-state index in [2.05, 4.69) is 11.9 Å². The van der Waals surface area contributed by atoms with Gasteiger partial charge >= 0.3 is 0 Å². The van der Waals surface area contributed by atoms with Gasteiger partial charge in [-0.25, -0.2) is 12.7 Å². The fraction of sp³-hybridized carbons (Fsp3) is 0.429. The summed E-state index contributed by atoms with van der Waals surface area (Å²) in [6.45, 7) is 5.04. The molecule has 0 aromatic heterocycles. The van der Waals surface area contributed by atoms with Crippen LogP contribution in [0.15, 0.2) is 35.7 Å². The van der Waals surface area contributed by atoms with Gasteiger partial charge < -0.3 is 5.32 Å². The third-order valence-electron chi connectivity index (χ3n) is 3.38. The monoisotopic (exact) mass is 280 g/mol. The number of benzene rings is 1. The van der Waals surface area contributed by atoms with Crippen molar-refractivity contribution in [1.82, 2.24) is 4.31 Å². The second kappa shape index (κ2) is 5.75. The number of rotatable bonds is 6. The first-order valence-electron chi connectivity index (χ1n) is 6.50. The zero-order valence-electron chi connectivity index (χ0n) is 11.2. The minimum atomic E-state index is -3.37. The molecule has 1 aliphatic rings. The average Bonchev–Trinajstić information content (AvgIpc) is 2.85. The Morgan fingerprint density at radius 1 is 1.47 bits per heavy atom. The number of nitrogens with zero attached hydrogens (tertiary/aromatic N) is 1. The largest absolute Gasteiger partial charge is 0.384 e. The fourth-order valence-electron chi connectivity index (χ4n) is 2.20. The van der Waals surface area contributed by atoms with E-state index >= 15 is 0 Å². The predicted octanol–water partition coefficient (Wildman–Crippen LogP) is 2.24. The van der Waals surface area contributed by atoms with Gasteiger partial charge in [-0.2, -0.15) is 0 Å². The Balaban J connectivity index is 2.17. The smallest absolute Gasteiger partial charge is 0.242 e. The van der Waals surface area contributed by atoms with Crippen LogP contribution >= 0.6 is 0 Å². The first-order valence-corrected chi connectivity index (χ1v) is 7.94. The van der Waals surface area contributed by atoms with Crippen molar-refractivity contribution in [2.45, 2.75) is 24.2 Å². The van der Waals surface area contributed by atoms with E-state index in [0.29, 0.717) is 11.4 Å². The number of fused-ring (bicyclic) bond motifs is 1. The van der Waals surface area contributed by atoms with E-state index in [0.717, 1.165) is 37.1 Å². The van der Waals surface area contributed by atoms with E-state index in [-0.39, 0.29) is 0 Å². The molecular formula is C14H20N2O2S. The van der Waals surface area contributed by atoms with Crippen molar-refractivity contribution in [2.75, 3.05) is 25.5 Å². The van der Waals surface area contributed by atoms with Gasteiger partial charge in [-0.3, -0.25) is 0 Å². The minimum absolute atomic E-state index is 0.385. The van der Waals surface area contributed by atoms with Crippen molar-refractivity contribution < 1.29 is 8.42 Å². The molecule has 1 aliphatic heterocycles. The molecule has 5 heteroatoms. The van der Waals surface area contributed by atoms with E-state index in [9.17, 15) is 8.42 Å². The van der Waals surface area contributed by atoms with Crippen molar-refractivity contribution in [3.63, 3.8) is 0 Å². The van der Waals surface area contributed by atoms with Gasteiger partial charge in [-0.15, -0.1) is 6.58 Å². The van der Waals surface area contributed by atoms with Crippen LogP contribution in [0.1, 0.15) is 18.4 Å². The standard InChI is InChI=1S/C14H20N2O2S/c1-3-4-5-10-16(2)19(17,18)13-6-7-14-12(11-13)8-9-15-14/h3,6-7,11,15H,1,4-5,8-10H2,2H3. The van der Waals surface area contributed by atoms with Crippen molar-refractivity contribution in [1.29, 1.82) is 0 Å². The van der Waals surface area contributed by atoms with E-state index in [1.807, 2.05) is 12.1 Å². The van der Waals surface area contributed by atoms with Gasteiger partial charge in [0.05, 0.1) is 4.90 Å². The highest BCUT2D eigenvalue weighted by Gasteiger charge is 2.22. The van der Waals surface area contributed by atoms with Gasteiger partial charge in [-0.05, 0) is 43.0 Å². The molecule has 0 atom stereocenters. The fourth-order valence-corrected chi connectivity index (χ4v) is 3.46. The van der Waals surface area contributed by atoms with Crippen LogP contribution in [0.2, 0.25) is 0 Å². The van der Waals surface area contributed by atoms with Crippen LogP contribution in [0, 0.1) is 0 Å². The van der Waals surface area contributed by atoms with E-state index < -0.39 is 10.0 Å². The quantitative estimate of drug-likeness (QED) is 0.642. The van der Waals surface area contributed by atoms with Crippen LogP contribution in [-0.2, 0) is 16.4 Å². The zero-order chi connectivity index (χ0) is 13.9. The molecule has 2 rings (SSSR count). The topological polar surface area (TPSA) is 49.4 Å². The van der Waals surface area contributed by atoms with Gasteiger partial charge in [0.15, 0.2) is 0 Å². The summed E-state index contributed by atoms with van der Waals surface area (Å²) in [5.74, 6) is 0. The van der Waals surface area contributed by atoms with Gasteiger partial charge in [-0.1, -0.05) is 6.08 Å². The molecule has 104 valence electrons. The molecule has 1 N–H and O–H groups in total. The van der Waals surface area contributed by atoms with E-state index in [1.165, 1.54) is 4.31 Å². The summed E-state index contributed by atoms with van der Waals surface area (Å²) in [5.41, 5.74) is 2.13.